The van der Waals surface area contributed by atoms with Gasteiger partial charge in [-0.3, -0.25) is 4.79 Å². The molecule has 0 radical (unpaired) electrons. The normalized spacial score (nSPS) is 16.4. The van der Waals surface area contributed by atoms with Crippen LogP contribution in [0.4, 0.5) is 0 Å². The lowest BCUT2D eigenvalue weighted by Gasteiger charge is -2.26. The summed E-state index contributed by atoms with van der Waals surface area (Å²) >= 11 is 0. The molecule has 1 aliphatic carbocycles. The Labute approximate surface area is 114 Å². The van der Waals surface area contributed by atoms with Crippen molar-refractivity contribution in [2.45, 2.75) is 44.6 Å². The Morgan fingerprint density at radius 3 is 2.53 bits per heavy atom. The van der Waals surface area contributed by atoms with Crippen LogP contribution in [0.15, 0.2) is 18.3 Å². The summed E-state index contributed by atoms with van der Waals surface area (Å²) in [5.74, 6) is -0.0450. The van der Waals surface area contributed by atoms with E-state index < -0.39 is 0 Å². The van der Waals surface area contributed by atoms with Crippen LogP contribution in [0.2, 0.25) is 0 Å². The van der Waals surface area contributed by atoms with Gasteiger partial charge in [-0.1, -0.05) is 25.7 Å². The molecule has 0 aromatic carbocycles. The zero-order chi connectivity index (χ0) is 13.7. The lowest BCUT2D eigenvalue weighted by atomic mass is 10.1. The van der Waals surface area contributed by atoms with Crippen molar-refractivity contribution in [2.75, 3.05) is 7.05 Å². The van der Waals surface area contributed by atoms with Crippen molar-refractivity contribution in [2.24, 2.45) is 0 Å². The molecule has 100 valence electrons. The van der Waals surface area contributed by atoms with Crippen LogP contribution >= 0.6 is 0 Å². The van der Waals surface area contributed by atoms with Crippen molar-refractivity contribution in [1.29, 1.82) is 5.26 Å². The number of nitriles is 1. The Bertz CT molecular complexity index is 467. The fraction of sp³-hybridized carbons (Fsp3) is 0.533. The first-order chi connectivity index (χ1) is 9.22. The highest BCUT2D eigenvalue weighted by Gasteiger charge is 2.22. The minimum atomic E-state index is -0.0450. The minimum absolute atomic E-state index is 0.0450. The number of hydrogen-bond donors (Lipinski definition) is 0. The highest BCUT2D eigenvalue weighted by Crippen LogP contribution is 2.22. The summed E-state index contributed by atoms with van der Waals surface area (Å²) in [6, 6.07) is 5.61. The van der Waals surface area contributed by atoms with Crippen LogP contribution in [-0.2, 0) is 0 Å². The fourth-order valence-electron chi connectivity index (χ4n) is 2.58. The lowest BCUT2D eigenvalue weighted by molar-refractivity contribution is 0.0712. The van der Waals surface area contributed by atoms with E-state index in [0.717, 1.165) is 12.8 Å². The predicted octanol–water partition coefficient (Wildman–Crippen LogP) is 2.75. The molecule has 0 N–H and O–H groups in total. The summed E-state index contributed by atoms with van der Waals surface area (Å²) in [7, 11) is 1.86. The molecule has 0 aliphatic heterocycles. The van der Waals surface area contributed by atoms with Gasteiger partial charge >= 0.3 is 0 Å². The predicted molar refractivity (Wildman–Crippen MR) is 72.5 cm³/mol. The van der Waals surface area contributed by atoms with Crippen molar-refractivity contribution < 1.29 is 4.79 Å². The van der Waals surface area contributed by atoms with Gasteiger partial charge in [0.25, 0.3) is 5.91 Å². The van der Waals surface area contributed by atoms with E-state index in [0.29, 0.717) is 17.3 Å². The average molecular weight is 257 g/mol. The van der Waals surface area contributed by atoms with Gasteiger partial charge in [0.1, 0.15) is 11.8 Å². The molecule has 0 atom stereocenters. The fourth-order valence-corrected chi connectivity index (χ4v) is 2.58. The number of nitrogens with zero attached hydrogens (tertiary/aromatic N) is 3. The zero-order valence-electron chi connectivity index (χ0n) is 11.3. The van der Waals surface area contributed by atoms with E-state index in [4.69, 9.17) is 5.26 Å². The molecular weight excluding hydrogens is 238 g/mol. The SMILES string of the molecule is CN(C(=O)c1ccc(C#N)cn1)C1CCCCCC1. The molecule has 1 heterocycles. The molecule has 1 aromatic heterocycles. The molecule has 1 aliphatic rings. The number of pyridine rings is 1. The summed E-state index contributed by atoms with van der Waals surface area (Å²) in [4.78, 5) is 18.2. The summed E-state index contributed by atoms with van der Waals surface area (Å²) in [5.41, 5.74) is 0.902. The number of amides is 1. The highest BCUT2D eigenvalue weighted by atomic mass is 16.2. The van der Waals surface area contributed by atoms with E-state index in [1.165, 1.54) is 31.9 Å². The third kappa shape index (κ3) is 3.31. The smallest absolute Gasteiger partial charge is 0.272 e. The van der Waals surface area contributed by atoms with Crippen molar-refractivity contribution in [3.8, 4) is 6.07 Å². The third-order valence-electron chi connectivity index (χ3n) is 3.80. The number of rotatable bonds is 2. The molecule has 0 unspecified atom stereocenters. The van der Waals surface area contributed by atoms with E-state index in [1.54, 1.807) is 12.1 Å². The van der Waals surface area contributed by atoms with E-state index in [1.807, 2.05) is 18.0 Å². The molecule has 0 bridgehead atoms. The number of aromatic nitrogens is 1. The van der Waals surface area contributed by atoms with Crippen molar-refractivity contribution in [3.63, 3.8) is 0 Å². The Morgan fingerprint density at radius 1 is 1.32 bits per heavy atom. The Morgan fingerprint density at radius 2 is 2.00 bits per heavy atom. The maximum absolute atomic E-state index is 12.3. The first kappa shape index (κ1) is 13.5. The van der Waals surface area contributed by atoms with Gasteiger partial charge in [-0.25, -0.2) is 4.98 Å². The van der Waals surface area contributed by atoms with E-state index >= 15 is 0 Å². The number of hydrogen-bond acceptors (Lipinski definition) is 3. The average Bonchev–Trinajstić information content (AvgIpc) is 2.75. The number of carbonyl (C=O) groups is 1. The quantitative estimate of drug-likeness (QED) is 0.765. The van der Waals surface area contributed by atoms with Crippen LogP contribution in [0.25, 0.3) is 0 Å². The molecule has 2 rings (SSSR count). The van der Waals surface area contributed by atoms with Crippen LogP contribution in [0, 0.1) is 11.3 Å². The van der Waals surface area contributed by atoms with Crippen molar-refractivity contribution in [1.82, 2.24) is 9.88 Å². The van der Waals surface area contributed by atoms with Gasteiger partial charge in [0.2, 0.25) is 0 Å². The second-order valence-electron chi connectivity index (χ2n) is 5.11. The summed E-state index contributed by atoms with van der Waals surface area (Å²) < 4.78 is 0. The van der Waals surface area contributed by atoms with Gasteiger partial charge in [0, 0.05) is 19.3 Å². The molecule has 1 amide bonds. The highest BCUT2D eigenvalue weighted by molar-refractivity contribution is 5.92. The molecule has 4 nitrogen and oxygen atoms in total. The second kappa shape index (κ2) is 6.33. The first-order valence-corrected chi connectivity index (χ1v) is 6.85. The summed E-state index contributed by atoms with van der Waals surface area (Å²) in [5, 5.41) is 8.73. The van der Waals surface area contributed by atoms with E-state index in [-0.39, 0.29) is 5.91 Å². The summed E-state index contributed by atoms with van der Waals surface area (Å²) in [6.45, 7) is 0. The van der Waals surface area contributed by atoms with Crippen LogP contribution in [0.1, 0.15) is 54.6 Å². The van der Waals surface area contributed by atoms with Gasteiger partial charge in [0.15, 0.2) is 0 Å². The largest absolute Gasteiger partial charge is 0.337 e. The van der Waals surface area contributed by atoms with Crippen LogP contribution in [0.3, 0.4) is 0 Å². The standard InChI is InChI=1S/C15H19N3O/c1-18(13-6-4-2-3-5-7-13)15(19)14-9-8-12(10-16)11-17-14/h8-9,11,13H,2-7H2,1H3. The van der Waals surface area contributed by atoms with Gasteiger partial charge in [-0.2, -0.15) is 5.26 Å². The molecule has 0 spiro atoms. The third-order valence-corrected chi connectivity index (χ3v) is 3.80. The molecule has 1 aromatic rings. The van der Waals surface area contributed by atoms with E-state index in [9.17, 15) is 4.79 Å². The van der Waals surface area contributed by atoms with Crippen molar-refractivity contribution in [3.05, 3.63) is 29.6 Å². The molecular formula is C15H19N3O. The minimum Gasteiger partial charge on any atom is -0.337 e. The van der Waals surface area contributed by atoms with Crippen LogP contribution in [0.5, 0.6) is 0 Å². The molecule has 0 saturated heterocycles. The van der Waals surface area contributed by atoms with Crippen LogP contribution in [-0.4, -0.2) is 28.9 Å². The Hall–Kier alpha value is -1.89. The topological polar surface area (TPSA) is 57.0 Å². The maximum Gasteiger partial charge on any atom is 0.272 e. The Balaban J connectivity index is 2.06. The molecule has 19 heavy (non-hydrogen) atoms. The second-order valence-corrected chi connectivity index (χ2v) is 5.11. The van der Waals surface area contributed by atoms with Crippen molar-refractivity contribution >= 4 is 5.91 Å². The van der Waals surface area contributed by atoms with E-state index in [2.05, 4.69) is 4.98 Å². The van der Waals surface area contributed by atoms with Gasteiger partial charge < -0.3 is 4.90 Å². The lowest BCUT2D eigenvalue weighted by Crippen LogP contribution is -2.37. The van der Waals surface area contributed by atoms with Crippen LogP contribution < -0.4 is 0 Å². The Kier molecular flexibility index (Phi) is 4.51. The molecule has 1 saturated carbocycles. The number of carbonyl (C=O) groups excluding carboxylic acids is 1. The van der Waals surface area contributed by atoms with Gasteiger partial charge in [-0.15, -0.1) is 0 Å². The zero-order valence-corrected chi connectivity index (χ0v) is 11.3. The van der Waals surface area contributed by atoms with Gasteiger partial charge in [0.05, 0.1) is 5.56 Å². The monoisotopic (exact) mass is 257 g/mol. The first-order valence-electron chi connectivity index (χ1n) is 6.85. The van der Waals surface area contributed by atoms with Gasteiger partial charge in [-0.05, 0) is 25.0 Å². The molecule has 4 heteroatoms. The molecule has 1 fully saturated rings. The maximum atomic E-state index is 12.3. The summed E-state index contributed by atoms with van der Waals surface area (Å²) in [6.07, 6.45) is 8.55.